The highest BCUT2D eigenvalue weighted by molar-refractivity contribution is 5.09. The summed E-state index contributed by atoms with van der Waals surface area (Å²) in [6.45, 7) is 6.30. The van der Waals surface area contributed by atoms with E-state index in [0.29, 0.717) is 10.8 Å². The van der Waals surface area contributed by atoms with Gasteiger partial charge < -0.3 is 5.73 Å². The molecule has 2 N–H and O–H groups in total. The molecule has 1 aliphatic carbocycles. The molecule has 1 aliphatic rings. The zero-order chi connectivity index (χ0) is 10.2. The second kappa shape index (κ2) is 3.05. The van der Waals surface area contributed by atoms with Crippen LogP contribution in [0.15, 0.2) is 12.7 Å². The molecule has 0 aliphatic heterocycles. The van der Waals surface area contributed by atoms with Gasteiger partial charge in [0.2, 0.25) is 0 Å². The fourth-order valence-corrected chi connectivity index (χ4v) is 2.36. The van der Waals surface area contributed by atoms with E-state index in [1.54, 1.807) is 12.7 Å². The van der Waals surface area contributed by atoms with E-state index in [9.17, 15) is 0 Å². The molecule has 2 rings (SSSR count). The standard InChI is InChI=1S/C10H18N4/c1-9(2)5-10(9,6-11)3-4-14-8-12-7-13-14/h7-8H,3-6,11H2,1-2H3. The van der Waals surface area contributed by atoms with Gasteiger partial charge in [-0.2, -0.15) is 5.10 Å². The summed E-state index contributed by atoms with van der Waals surface area (Å²) in [5, 5.41) is 4.09. The van der Waals surface area contributed by atoms with Crippen LogP contribution in [0.25, 0.3) is 0 Å². The van der Waals surface area contributed by atoms with Crippen LogP contribution in [0.2, 0.25) is 0 Å². The van der Waals surface area contributed by atoms with Gasteiger partial charge in [0.25, 0.3) is 0 Å². The summed E-state index contributed by atoms with van der Waals surface area (Å²) in [4.78, 5) is 3.93. The summed E-state index contributed by atoms with van der Waals surface area (Å²) in [7, 11) is 0. The van der Waals surface area contributed by atoms with E-state index >= 15 is 0 Å². The lowest BCUT2D eigenvalue weighted by atomic mass is 9.92. The highest BCUT2D eigenvalue weighted by Crippen LogP contribution is 2.64. The molecule has 0 amide bonds. The molecule has 1 atom stereocenters. The maximum Gasteiger partial charge on any atom is 0.137 e. The Morgan fingerprint density at radius 3 is 2.64 bits per heavy atom. The lowest BCUT2D eigenvalue weighted by Gasteiger charge is -2.17. The molecule has 0 radical (unpaired) electrons. The molecular weight excluding hydrogens is 176 g/mol. The van der Waals surface area contributed by atoms with Crippen LogP contribution < -0.4 is 5.73 Å². The molecule has 14 heavy (non-hydrogen) atoms. The number of hydrogen-bond donors (Lipinski definition) is 1. The van der Waals surface area contributed by atoms with Crippen molar-refractivity contribution in [1.82, 2.24) is 14.8 Å². The topological polar surface area (TPSA) is 56.7 Å². The second-order valence-corrected chi connectivity index (χ2v) is 4.95. The minimum atomic E-state index is 0.346. The van der Waals surface area contributed by atoms with Crippen molar-refractivity contribution >= 4 is 0 Å². The molecule has 0 saturated heterocycles. The van der Waals surface area contributed by atoms with Gasteiger partial charge in [-0.3, -0.25) is 4.68 Å². The Labute approximate surface area is 84.5 Å². The van der Waals surface area contributed by atoms with Gasteiger partial charge in [-0.15, -0.1) is 0 Å². The van der Waals surface area contributed by atoms with Gasteiger partial charge >= 0.3 is 0 Å². The van der Waals surface area contributed by atoms with Crippen molar-refractivity contribution in [3.05, 3.63) is 12.7 Å². The number of hydrogen-bond acceptors (Lipinski definition) is 3. The molecule has 0 spiro atoms. The fourth-order valence-electron chi connectivity index (χ4n) is 2.36. The van der Waals surface area contributed by atoms with Gasteiger partial charge in [-0.05, 0) is 30.2 Å². The summed E-state index contributed by atoms with van der Waals surface area (Å²) in [5.74, 6) is 0. The third kappa shape index (κ3) is 1.43. The Kier molecular flexibility index (Phi) is 2.10. The van der Waals surface area contributed by atoms with Crippen molar-refractivity contribution in [1.29, 1.82) is 0 Å². The highest BCUT2D eigenvalue weighted by atomic mass is 15.3. The second-order valence-electron chi connectivity index (χ2n) is 4.95. The fraction of sp³-hybridized carbons (Fsp3) is 0.800. The molecule has 1 aromatic heterocycles. The first-order chi connectivity index (χ1) is 6.60. The SMILES string of the molecule is CC1(C)CC1(CN)CCn1cncn1. The zero-order valence-corrected chi connectivity index (χ0v) is 8.90. The number of nitrogens with two attached hydrogens (primary N) is 1. The van der Waals surface area contributed by atoms with Crippen molar-refractivity contribution in [2.24, 2.45) is 16.6 Å². The molecule has 78 valence electrons. The lowest BCUT2D eigenvalue weighted by molar-refractivity contribution is 0.336. The molecule has 1 heterocycles. The molecule has 4 heteroatoms. The minimum Gasteiger partial charge on any atom is -0.330 e. The maximum absolute atomic E-state index is 5.84. The molecular formula is C10H18N4. The van der Waals surface area contributed by atoms with E-state index in [0.717, 1.165) is 19.5 Å². The Balaban J connectivity index is 1.92. The quantitative estimate of drug-likeness (QED) is 0.779. The van der Waals surface area contributed by atoms with E-state index in [2.05, 4.69) is 23.9 Å². The van der Waals surface area contributed by atoms with Crippen LogP contribution in [0.4, 0.5) is 0 Å². The average molecular weight is 194 g/mol. The third-order valence-electron chi connectivity index (χ3n) is 3.77. The van der Waals surface area contributed by atoms with Gasteiger partial charge in [0.15, 0.2) is 0 Å². The first kappa shape index (κ1) is 9.65. The molecule has 0 aromatic carbocycles. The Morgan fingerprint density at radius 2 is 2.21 bits per heavy atom. The highest BCUT2D eigenvalue weighted by Gasteiger charge is 2.59. The van der Waals surface area contributed by atoms with Crippen molar-refractivity contribution < 1.29 is 0 Å². The predicted molar refractivity (Wildman–Crippen MR) is 54.5 cm³/mol. The molecule has 1 fully saturated rings. The third-order valence-corrected chi connectivity index (χ3v) is 3.77. The summed E-state index contributed by atoms with van der Waals surface area (Å²) in [6, 6.07) is 0. The van der Waals surface area contributed by atoms with E-state index in [-0.39, 0.29) is 0 Å². The molecule has 0 bridgehead atoms. The molecule has 1 saturated carbocycles. The first-order valence-electron chi connectivity index (χ1n) is 5.12. The monoisotopic (exact) mass is 194 g/mol. The van der Waals surface area contributed by atoms with Crippen LogP contribution in [-0.2, 0) is 6.54 Å². The van der Waals surface area contributed by atoms with Gasteiger partial charge in [0.1, 0.15) is 12.7 Å². The Bertz CT molecular complexity index is 304. The summed E-state index contributed by atoms with van der Waals surface area (Å²) < 4.78 is 1.88. The molecule has 1 aromatic rings. The van der Waals surface area contributed by atoms with Gasteiger partial charge in [-0.25, -0.2) is 4.98 Å². The van der Waals surface area contributed by atoms with Crippen LogP contribution in [0.5, 0.6) is 0 Å². The Morgan fingerprint density at radius 1 is 1.50 bits per heavy atom. The maximum atomic E-state index is 5.84. The van der Waals surface area contributed by atoms with Crippen LogP contribution in [0.3, 0.4) is 0 Å². The minimum absolute atomic E-state index is 0.346. The smallest absolute Gasteiger partial charge is 0.137 e. The molecule has 1 unspecified atom stereocenters. The van der Waals surface area contributed by atoms with E-state index < -0.39 is 0 Å². The predicted octanol–water partition coefficient (Wildman–Crippen LogP) is 1.04. The van der Waals surface area contributed by atoms with Gasteiger partial charge in [0, 0.05) is 6.54 Å². The van der Waals surface area contributed by atoms with Crippen molar-refractivity contribution in [2.45, 2.75) is 33.2 Å². The van der Waals surface area contributed by atoms with Gasteiger partial charge in [0.05, 0.1) is 0 Å². The van der Waals surface area contributed by atoms with E-state index in [4.69, 9.17) is 5.73 Å². The van der Waals surface area contributed by atoms with E-state index in [1.807, 2.05) is 4.68 Å². The van der Waals surface area contributed by atoms with Crippen molar-refractivity contribution in [3.63, 3.8) is 0 Å². The first-order valence-corrected chi connectivity index (χ1v) is 5.12. The number of nitrogens with zero attached hydrogens (tertiary/aromatic N) is 3. The van der Waals surface area contributed by atoms with Crippen molar-refractivity contribution in [3.8, 4) is 0 Å². The van der Waals surface area contributed by atoms with Crippen molar-refractivity contribution in [2.75, 3.05) is 6.54 Å². The van der Waals surface area contributed by atoms with E-state index in [1.165, 1.54) is 6.42 Å². The number of aryl methyl sites for hydroxylation is 1. The average Bonchev–Trinajstić information content (AvgIpc) is 2.56. The zero-order valence-electron chi connectivity index (χ0n) is 8.90. The summed E-state index contributed by atoms with van der Waals surface area (Å²) >= 11 is 0. The Hall–Kier alpha value is -0.900. The van der Waals surface area contributed by atoms with Crippen LogP contribution >= 0.6 is 0 Å². The normalized spacial score (nSPS) is 29.1. The largest absolute Gasteiger partial charge is 0.330 e. The van der Waals surface area contributed by atoms with Crippen LogP contribution in [0, 0.1) is 10.8 Å². The summed E-state index contributed by atoms with van der Waals surface area (Å²) in [5.41, 5.74) is 6.60. The summed E-state index contributed by atoms with van der Waals surface area (Å²) in [6.07, 6.45) is 5.69. The number of rotatable bonds is 4. The van der Waals surface area contributed by atoms with Crippen LogP contribution in [0.1, 0.15) is 26.7 Å². The van der Waals surface area contributed by atoms with Gasteiger partial charge in [-0.1, -0.05) is 13.8 Å². The lowest BCUT2D eigenvalue weighted by Crippen LogP contribution is -2.22. The molecule has 4 nitrogen and oxygen atoms in total. The van der Waals surface area contributed by atoms with Crippen LogP contribution in [-0.4, -0.2) is 21.3 Å². The number of aromatic nitrogens is 3.